The number of carbonyl (C=O) groups excluding carboxylic acids is 1. The zero-order chi connectivity index (χ0) is 15.4. The Balaban J connectivity index is 1.91. The third kappa shape index (κ3) is 4.00. The molecule has 1 aromatic rings. The number of aryl methyl sites for hydroxylation is 1. The quantitative estimate of drug-likeness (QED) is 0.926. The first kappa shape index (κ1) is 15.9. The first-order valence-electron chi connectivity index (χ1n) is 7.39. The number of rotatable bonds is 4. The molecule has 1 N–H and O–H groups in total. The van der Waals surface area contributed by atoms with Crippen LogP contribution in [-0.2, 0) is 11.3 Å². The van der Waals surface area contributed by atoms with Crippen molar-refractivity contribution < 1.29 is 13.6 Å². The minimum atomic E-state index is -0.617. The Morgan fingerprint density at radius 2 is 2.14 bits per heavy atom. The Kier molecular flexibility index (Phi) is 5.28. The number of likely N-dealkylation sites (tertiary alicyclic amines) is 1. The number of hydrogen-bond donors (Lipinski definition) is 1. The van der Waals surface area contributed by atoms with Crippen molar-refractivity contribution in [1.82, 2.24) is 10.2 Å². The molecule has 1 aromatic carbocycles. The van der Waals surface area contributed by atoms with Crippen LogP contribution in [0.4, 0.5) is 8.78 Å². The average molecular weight is 296 g/mol. The van der Waals surface area contributed by atoms with Gasteiger partial charge in [0.25, 0.3) is 0 Å². The van der Waals surface area contributed by atoms with E-state index in [2.05, 4.69) is 10.2 Å². The SMILES string of the molecule is Cc1ccc(F)c(CNC(=O)C[C@@H]2CCCCN2C)c1F. The normalized spacial score (nSPS) is 19.5. The highest BCUT2D eigenvalue weighted by Crippen LogP contribution is 2.18. The zero-order valence-electron chi connectivity index (χ0n) is 12.6. The molecular formula is C16H22F2N2O. The third-order valence-electron chi connectivity index (χ3n) is 4.18. The van der Waals surface area contributed by atoms with E-state index in [1.807, 2.05) is 7.05 Å². The predicted molar refractivity (Wildman–Crippen MR) is 77.8 cm³/mol. The molecular weight excluding hydrogens is 274 g/mol. The molecule has 0 aromatic heterocycles. The van der Waals surface area contributed by atoms with Crippen LogP contribution in [-0.4, -0.2) is 30.4 Å². The Hall–Kier alpha value is -1.49. The second-order valence-corrected chi connectivity index (χ2v) is 5.77. The van der Waals surface area contributed by atoms with Gasteiger partial charge in [-0.05, 0) is 45.0 Å². The van der Waals surface area contributed by atoms with Crippen LogP contribution in [0, 0.1) is 18.6 Å². The number of benzene rings is 1. The van der Waals surface area contributed by atoms with Crippen LogP contribution < -0.4 is 5.32 Å². The molecule has 3 nitrogen and oxygen atoms in total. The molecule has 0 unspecified atom stereocenters. The molecule has 1 amide bonds. The van der Waals surface area contributed by atoms with Crippen LogP contribution in [0.5, 0.6) is 0 Å². The molecule has 0 bridgehead atoms. The molecule has 1 fully saturated rings. The molecule has 0 spiro atoms. The largest absolute Gasteiger partial charge is 0.352 e. The van der Waals surface area contributed by atoms with Crippen molar-refractivity contribution in [3.8, 4) is 0 Å². The lowest BCUT2D eigenvalue weighted by atomic mass is 10.00. The standard InChI is InChI=1S/C16H22F2N2O/c1-11-6-7-14(17)13(16(11)18)10-19-15(21)9-12-5-3-4-8-20(12)2/h6-7,12H,3-5,8-10H2,1-2H3,(H,19,21)/t12-/m0/s1. The van der Waals surface area contributed by atoms with E-state index in [1.165, 1.54) is 12.1 Å². The van der Waals surface area contributed by atoms with Gasteiger partial charge in [-0.15, -0.1) is 0 Å². The minimum Gasteiger partial charge on any atom is -0.352 e. The van der Waals surface area contributed by atoms with Crippen LogP contribution in [0.15, 0.2) is 12.1 Å². The van der Waals surface area contributed by atoms with E-state index < -0.39 is 11.6 Å². The monoisotopic (exact) mass is 296 g/mol. The van der Waals surface area contributed by atoms with E-state index in [0.29, 0.717) is 12.0 Å². The van der Waals surface area contributed by atoms with Crippen LogP contribution in [0.1, 0.15) is 36.8 Å². The van der Waals surface area contributed by atoms with Crippen molar-refractivity contribution in [2.45, 2.75) is 45.2 Å². The van der Waals surface area contributed by atoms with Gasteiger partial charge in [-0.2, -0.15) is 0 Å². The van der Waals surface area contributed by atoms with Crippen molar-refractivity contribution >= 4 is 5.91 Å². The highest BCUT2D eigenvalue weighted by atomic mass is 19.1. The second kappa shape index (κ2) is 6.98. The Bertz CT molecular complexity index is 519. The lowest BCUT2D eigenvalue weighted by Crippen LogP contribution is -2.40. The van der Waals surface area contributed by atoms with Crippen molar-refractivity contribution in [2.24, 2.45) is 0 Å². The topological polar surface area (TPSA) is 32.3 Å². The van der Waals surface area contributed by atoms with Crippen molar-refractivity contribution in [3.63, 3.8) is 0 Å². The molecule has 1 saturated heterocycles. The molecule has 5 heteroatoms. The lowest BCUT2D eigenvalue weighted by Gasteiger charge is -2.31. The summed E-state index contributed by atoms with van der Waals surface area (Å²) < 4.78 is 27.4. The molecule has 1 atom stereocenters. The van der Waals surface area contributed by atoms with Gasteiger partial charge < -0.3 is 10.2 Å². The Morgan fingerprint density at radius 3 is 2.86 bits per heavy atom. The first-order valence-corrected chi connectivity index (χ1v) is 7.39. The van der Waals surface area contributed by atoms with Gasteiger partial charge in [0.05, 0.1) is 0 Å². The van der Waals surface area contributed by atoms with Crippen LogP contribution in [0.3, 0.4) is 0 Å². The molecule has 21 heavy (non-hydrogen) atoms. The third-order valence-corrected chi connectivity index (χ3v) is 4.18. The van der Waals surface area contributed by atoms with Gasteiger partial charge in [0.2, 0.25) is 5.91 Å². The highest BCUT2D eigenvalue weighted by molar-refractivity contribution is 5.76. The van der Waals surface area contributed by atoms with Gasteiger partial charge in [-0.1, -0.05) is 12.5 Å². The van der Waals surface area contributed by atoms with Gasteiger partial charge in [-0.25, -0.2) is 8.78 Å². The Labute approximate surface area is 124 Å². The number of piperidine rings is 1. The van der Waals surface area contributed by atoms with E-state index in [0.717, 1.165) is 25.8 Å². The van der Waals surface area contributed by atoms with Gasteiger partial charge >= 0.3 is 0 Å². The maximum atomic E-state index is 13.8. The highest BCUT2D eigenvalue weighted by Gasteiger charge is 2.22. The van der Waals surface area contributed by atoms with E-state index >= 15 is 0 Å². The van der Waals surface area contributed by atoms with Crippen molar-refractivity contribution in [2.75, 3.05) is 13.6 Å². The molecule has 2 rings (SSSR count). The molecule has 1 aliphatic heterocycles. The molecule has 1 heterocycles. The predicted octanol–water partition coefficient (Wildman–Crippen LogP) is 2.76. The number of carbonyl (C=O) groups is 1. The fourth-order valence-electron chi connectivity index (χ4n) is 2.75. The van der Waals surface area contributed by atoms with Crippen molar-refractivity contribution in [1.29, 1.82) is 0 Å². The molecule has 0 radical (unpaired) electrons. The maximum Gasteiger partial charge on any atom is 0.221 e. The smallest absolute Gasteiger partial charge is 0.221 e. The van der Waals surface area contributed by atoms with Gasteiger partial charge in [-0.3, -0.25) is 4.79 Å². The Morgan fingerprint density at radius 1 is 1.38 bits per heavy atom. The zero-order valence-corrected chi connectivity index (χ0v) is 12.6. The van der Waals surface area contributed by atoms with E-state index in [4.69, 9.17) is 0 Å². The fourth-order valence-corrected chi connectivity index (χ4v) is 2.75. The summed E-state index contributed by atoms with van der Waals surface area (Å²) in [6.07, 6.45) is 3.67. The summed E-state index contributed by atoms with van der Waals surface area (Å²) in [5.74, 6) is -1.35. The van der Waals surface area contributed by atoms with Gasteiger partial charge in [0.15, 0.2) is 0 Å². The maximum absolute atomic E-state index is 13.8. The van der Waals surface area contributed by atoms with Crippen molar-refractivity contribution in [3.05, 3.63) is 34.9 Å². The summed E-state index contributed by atoms with van der Waals surface area (Å²) in [6.45, 7) is 2.48. The van der Waals surface area contributed by atoms with Crippen LogP contribution in [0.25, 0.3) is 0 Å². The fraction of sp³-hybridized carbons (Fsp3) is 0.562. The number of hydrogen-bond acceptors (Lipinski definition) is 2. The van der Waals surface area contributed by atoms with Gasteiger partial charge in [0.1, 0.15) is 11.6 Å². The number of nitrogens with one attached hydrogen (secondary N) is 1. The number of nitrogens with zero attached hydrogens (tertiary/aromatic N) is 1. The lowest BCUT2D eigenvalue weighted by molar-refractivity contribution is -0.122. The number of amides is 1. The molecule has 0 saturated carbocycles. The number of halogens is 2. The molecule has 1 aliphatic rings. The van der Waals surface area contributed by atoms with Gasteiger partial charge in [0, 0.05) is 24.6 Å². The summed E-state index contributed by atoms with van der Waals surface area (Å²) >= 11 is 0. The van der Waals surface area contributed by atoms with E-state index in [9.17, 15) is 13.6 Å². The second-order valence-electron chi connectivity index (χ2n) is 5.77. The summed E-state index contributed by atoms with van der Waals surface area (Å²) in [7, 11) is 2.01. The van der Waals surface area contributed by atoms with Crippen LogP contribution in [0.2, 0.25) is 0 Å². The summed E-state index contributed by atoms with van der Waals surface area (Å²) in [6, 6.07) is 2.85. The minimum absolute atomic E-state index is 0.0691. The van der Waals surface area contributed by atoms with Crippen LogP contribution >= 0.6 is 0 Å². The molecule has 116 valence electrons. The molecule has 0 aliphatic carbocycles. The summed E-state index contributed by atoms with van der Waals surface area (Å²) in [5, 5.41) is 2.63. The summed E-state index contributed by atoms with van der Waals surface area (Å²) in [5.41, 5.74) is 0.313. The first-order chi connectivity index (χ1) is 9.99. The summed E-state index contributed by atoms with van der Waals surface area (Å²) in [4.78, 5) is 14.1. The average Bonchev–Trinajstić information content (AvgIpc) is 2.45. The van der Waals surface area contributed by atoms with E-state index in [-0.39, 0.29) is 24.1 Å². The van der Waals surface area contributed by atoms with E-state index in [1.54, 1.807) is 6.92 Å².